The molecule has 2 aromatic rings. The summed E-state index contributed by atoms with van der Waals surface area (Å²) in [6.45, 7) is 4.00. The van der Waals surface area contributed by atoms with E-state index in [9.17, 15) is 9.59 Å². The molecule has 0 atom stereocenters. The molecule has 128 valence electrons. The standard InChI is InChI=1S/C17H20N2O5/c1-5-19-16(20)12(17(21)24-6-2)10-13(18-19)11-7-8-14(22-3)15(9-11)23-4/h7-10H,5-6H2,1-4H3. The Bertz CT molecular complexity index is 798. The fourth-order valence-electron chi connectivity index (χ4n) is 2.25. The van der Waals surface area contributed by atoms with Crippen molar-refractivity contribution in [3.05, 3.63) is 40.2 Å². The molecule has 0 saturated heterocycles. The molecular formula is C17H20N2O5. The molecule has 0 spiro atoms. The monoisotopic (exact) mass is 332 g/mol. The fraction of sp³-hybridized carbons (Fsp3) is 0.353. The van der Waals surface area contributed by atoms with Gasteiger partial charge in [0.05, 0.1) is 26.5 Å². The zero-order valence-electron chi connectivity index (χ0n) is 14.2. The normalized spacial score (nSPS) is 10.3. The summed E-state index contributed by atoms with van der Waals surface area (Å²) in [6.07, 6.45) is 0. The quantitative estimate of drug-likeness (QED) is 0.754. The van der Waals surface area contributed by atoms with E-state index in [-0.39, 0.29) is 12.2 Å². The molecule has 0 N–H and O–H groups in total. The molecule has 0 aliphatic carbocycles. The molecule has 0 unspecified atom stereocenters. The largest absolute Gasteiger partial charge is 0.493 e. The number of carbonyl (C=O) groups excluding carboxylic acids is 1. The van der Waals surface area contributed by atoms with Crippen LogP contribution in [0.5, 0.6) is 11.5 Å². The summed E-state index contributed by atoms with van der Waals surface area (Å²) in [5.74, 6) is 0.452. The van der Waals surface area contributed by atoms with Gasteiger partial charge < -0.3 is 14.2 Å². The fourth-order valence-corrected chi connectivity index (χ4v) is 2.25. The van der Waals surface area contributed by atoms with Gasteiger partial charge in [0.15, 0.2) is 11.5 Å². The van der Waals surface area contributed by atoms with E-state index in [1.54, 1.807) is 39.2 Å². The molecule has 1 heterocycles. The van der Waals surface area contributed by atoms with Gasteiger partial charge >= 0.3 is 5.97 Å². The summed E-state index contributed by atoms with van der Waals surface area (Å²) in [5.41, 5.74) is 0.652. The van der Waals surface area contributed by atoms with E-state index in [2.05, 4.69) is 5.10 Å². The number of esters is 1. The number of carbonyl (C=O) groups is 1. The van der Waals surface area contributed by atoms with Gasteiger partial charge in [0.1, 0.15) is 5.56 Å². The maximum atomic E-state index is 12.3. The summed E-state index contributed by atoms with van der Waals surface area (Å²) in [7, 11) is 3.08. The van der Waals surface area contributed by atoms with Gasteiger partial charge in [-0.3, -0.25) is 4.79 Å². The van der Waals surface area contributed by atoms with E-state index in [0.717, 1.165) is 0 Å². The summed E-state index contributed by atoms with van der Waals surface area (Å²) >= 11 is 0. The Morgan fingerprint density at radius 1 is 1.12 bits per heavy atom. The highest BCUT2D eigenvalue weighted by Gasteiger charge is 2.17. The molecule has 24 heavy (non-hydrogen) atoms. The van der Waals surface area contributed by atoms with Crippen LogP contribution in [0, 0.1) is 0 Å². The number of aromatic nitrogens is 2. The van der Waals surface area contributed by atoms with Crippen LogP contribution < -0.4 is 15.0 Å². The van der Waals surface area contributed by atoms with Gasteiger partial charge in [-0.1, -0.05) is 0 Å². The van der Waals surface area contributed by atoms with Crippen molar-refractivity contribution in [2.75, 3.05) is 20.8 Å². The molecular weight excluding hydrogens is 312 g/mol. The highest BCUT2D eigenvalue weighted by Crippen LogP contribution is 2.31. The van der Waals surface area contributed by atoms with E-state index in [1.165, 1.54) is 17.9 Å². The number of hydrogen-bond donors (Lipinski definition) is 0. The summed E-state index contributed by atoms with van der Waals surface area (Å²) in [5, 5.41) is 4.30. The minimum Gasteiger partial charge on any atom is -0.493 e. The summed E-state index contributed by atoms with van der Waals surface area (Å²) < 4.78 is 16.7. The van der Waals surface area contributed by atoms with Crippen molar-refractivity contribution in [1.82, 2.24) is 9.78 Å². The van der Waals surface area contributed by atoms with Crippen molar-refractivity contribution >= 4 is 5.97 Å². The van der Waals surface area contributed by atoms with Crippen LogP contribution in [0.2, 0.25) is 0 Å². The third kappa shape index (κ3) is 3.40. The van der Waals surface area contributed by atoms with Crippen molar-refractivity contribution in [2.45, 2.75) is 20.4 Å². The highest BCUT2D eigenvalue weighted by molar-refractivity contribution is 5.90. The lowest BCUT2D eigenvalue weighted by atomic mass is 10.1. The highest BCUT2D eigenvalue weighted by atomic mass is 16.5. The van der Waals surface area contributed by atoms with Gasteiger partial charge in [0.2, 0.25) is 0 Å². The van der Waals surface area contributed by atoms with Gasteiger partial charge in [-0.2, -0.15) is 5.10 Å². The zero-order valence-corrected chi connectivity index (χ0v) is 14.2. The Hall–Kier alpha value is -2.83. The van der Waals surface area contributed by atoms with Crippen LogP contribution in [0.15, 0.2) is 29.1 Å². The number of nitrogens with zero attached hydrogens (tertiary/aromatic N) is 2. The lowest BCUT2D eigenvalue weighted by Gasteiger charge is -2.11. The number of methoxy groups -OCH3 is 2. The smallest absolute Gasteiger partial charge is 0.343 e. The first-order chi connectivity index (χ1) is 11.5. The molecule has 7 heteroatoms. The lowest BCUT2D eigenvalue weighted by molar-refractivity contribution is 0.0523. The second kappa shape index (κ2) is 7.63. The molecule has 0 aliphatic heterocycles. The molecule has 0 saturated carbocycles. The molecule has 0 aliphatic rings. The average molecular weight is 332 g/mol. The molecule has 1 aromatic carbocycles. The van der Waals surface area contributed by atoms with Gasteiger partial charge in [0, 0.05) is 12.1 Å². The predicted octanol–water partition coefficient (Wildman–Crippen LogP) is 2.12. The van der Waals surface area contributed by atoms with Gasteiger partial charge in [0.25, 0.3) is 5.56 Å². The molecule has 7 nitrogen and oxygen atoms in total. The first kappa shape index (κ1) is 17.5. The molecule has 0 bridgehead atoms. The summed E-state index contributed by atoms with van der Waals surface area (Å²) in [6, 6.07) is 6.69. The maximum absolute atomic E-state index is 12.3. The van der Waals surface area contributed by atoms with Crippen LogP contribution in [0.3, 0.4) is 0 Å². The Kier molecular flexibility index (Phi) is 5.57. The Labute approximate surface area is 139 Å². The van der Waals surface area contributed by atoms with Crippen LogP contribution in [-0.4, -0.2) is 36.6 Å². The Morgan fingerprint density at radius 3 is 2.42 bits per heavy atom. The van der Waals surface area contributed by atoms with E-state index >= 15 is 0 Å². The molecule has 0 radical (unpaired) electrons. The molecule has 0 amide bonds. The average Bonchev–Trinajstić information content (AvgIpc) is 2.61. The SMILES string of the molecule is CCOC(=O)c1cc(-c2ccc(OC)c(OC)c2)nn(CC)c1=O. The maximum Gasteiger partial charge on any atom is 0.343 e. The third-order valence-corrected chi connectivity index (χ3v) is 3.45. The summed E-state index contributed by atoms with van der Waals surface area (Å²) in [4.78, 5) is 24.3. The lowest BCUT2D eigenvalue weighted by Crippen LogP contribution is -2.29. The predicted molar refractivity (Wildman–Crippen MR) is 88.7 cm³/mol. The molecule has 2 rings (SSSR count). The van der Waals surface area contributed by atoms with E-state index in [0.29, 0.717) is 29.3 Å². The third-order valence-electron chi connectivity index (χ3n) is 3.45. The molecule has 1 aromatic heterocycles. The topological polar surface area (TPSA) is 79.7 Å². The van der Waals surface area contributed by atoms with Gasteiger partial charge in [-0.05, 0) is 38.1 Å². The van der Waals surface area contributed by atoms with E-state index in [1.807, 2.05) is 0 Å². The first-order valence-electron chi connectivity index (χ1n) is 7.57. The van der Waals surface area contributed by atoms with Crippen molar-refractivity contribution in [3.8, 4) is 22.8 Å². The number of ether oxygens (including phenoxy) is 3. The number of hydrogen-bond acceptors (Lipinski definition) is 6. The van der Waals surface area contributed by atoms with Crippen LogP contribution in [0.25, 0.3) is 11.3 Å². The van der Waals surface area contributed by atoms with Crippen LogP contribution in [-0.2, 0) is 11.3 Å². The van der Waals surface area contributed by atoms with Crippen molar-refractivity contribution < 1.29 is 19.0 Å². The second-order valence-electron chi connectivity index (χ2n) is 4.85. The number of benzene rings is 1. The van der Waals surface area contributed by atoms with E-state index in [4.69, 9.17) is 14.2 Å². The zero-order chi connectivity index (χ0) is 17.7. The minimum atomic E-state index is -0.658. The Balaban J connectivity index is 2.60. The van der Waals surface area contributed by atoms with Crippen molar-refractivity contribution in [3.63, 3.8) is 0 Å². The molecule has 0 fully saturated rings. The first-order valence-corrected chi connectivity index (χ1v) is 7.57. The van der Waals surface area contributed by atoms with Gasteiger partial charge in [-0.15, -0.1) is 0 Å². The van der Waals surface area contributed by atoms with E-state index < -0.39 is 11.5 Å². The van der Waals surface area contributed by atoms with Crippen LogP contribution >= 0.6 is 0 Å². The van der Waals surface area contributed by atoms with Crippen LogP contribution in [0.1, 0.15) is 24.2 Å². The van der Waals surface area contributed by atoms with Crippen LogP contribution in [0.4, 0.5) is 0 Å². The Morgan fingerprint density at radius 2 is 1.83 bits per heavy atom. The van der Waals surface area contributed by atoms with Gasteiger partial charge in [-0.25, -0.2) is 9.48 Å². The number of aryl methyl sites for hydroxylation is 1. The second-order valence-corrected chi connectivity index (χ2v) is 4.85. The van der Waals surface area contributed by atoms with Crippen molar-refractivity contribution in [1.29, 1.82) is 0 Å². The van der Waals surface area contributed by atoms with Crippen molar-refractivity contribution in [2.24, 2.45) is 0 Å². The number of rotatable bonds is 6. The minimum absolute atomic E-state index is 0.0431.